The highest BCUT2D eigenvalue weighted by molar-refractivity contribution is 5.39. The van der Waals surface area contributed by atoms with E-state index in [2.05, 4.69) is 19.1 Å². The molecule has 0 aromatic heterocycles. The number of aromatic hydroxyl groups is 1. The van der Waals surface area contributed by atoms with Gasteiger partial charge in [0.05, 0.1) is 0 Å². The van der Waals surface area contributed by atoms with E-state index >= 15 is 0 Å². The van der Waals surface area contributed by atoms with E-state index in [1.54, 1.807) is 0 Å². The molecule has 0 radical (unpaired) electrons. The van der Waals surface area contributed by atoms with E-state index in [-0.39, 0.29) is 0 Å². The average Bonchev–Trinajstić information content (AvgIpc) is 2.80. The highest BCUT2D eigenvalue weighted by Crippen LogP contribution is 2.23. The first-order valence-corrected chi connectivity index (χ1v) is 14.5. The Bertz CT molecular complexity index is 521. The quantitative estimate of drug-likeness (QED) is 0.166. The van der Waals surface area contributed by atoms with E-state index in [1.165, 1.54) is 141 Å². The van der Waals surface area contributed by atoms with Crippen LogP contribution in [-0.2, 0) is 6.42 Å². The summed E-state index contributed by atoms with van der Waals surface area (Å²) in [5, 5.41) is 10.1. The van der Waals surface area contributed by atoms with Gasteiger partial charge in [0.25, 0.3) is 0 Å². The maximum Gasteiger partial charge on any atom is 0.121 e. The third-order valence-electron chi connectivity index (χ3n) is 7.12. The smallest absolute Gasteiger partial charge is 0.121 e. The largest absolute Gasteiger partial charge is 0.507 e. The lowest BCUT2D eigenvalue weighted by molar-refractivity contribution is 0.461. The summed E-state index contributed by atoms with van der Waals surface area (Å²) in [7, 11) is 0. The second-order valence-corrected chi connectivity index (χ2v) is 10.3. The lowest BCUT2D eigenvalue weighted by atomic mass is 10.0. The van der Waals surface area contributed by atoms with Crippen LogP contribution in [0.5, 0.6) is 5.75 Å². The zero-order valence-electron chi connectivity index (χ0n) is 21.9. The Balaban J connectivity index is 1.72. The van der Waals surface area contributed by atoms with Gasteiger partial charge in [-0.05, 0) is 30.9 Å². The average molecular weight is 445 g/mol. The molecule has 0 saturated carbocycles. The molecule has 0 atom stereocenters. The van der Waals surface area contributed by atoms with Crippen molar-refractivity contribution in [1.82, 2.24) is 0 Å². The van der Waals surface area contributed by atoms with Gasteiger partial charge < -0.3 is 5.11 Å². The molecular formula is C31H56O. The number of hydrogen-bond acceptors (Lipinski definition) is 1. The molecule has 186 valence electrons. The Morgan fingerprint density at radius 1 is 0.500 bits per heavy atom. The molecule has 0 unspecified atom stereocenters. The number of phenolic OH excluding ortho intramolecular Hbond substituents is 1. The molecule has 0 fully saturated rings. The first-order chi connectivity index (χ1) is 15.8. The number of unbranched alkanes of at least 4 members (excludes halogenated alkanes) is 21. The van der Waals surface area contributed by atoms with Crippen molar-refractivity contribution >= 4 is 0 Å². The molecule has 0 aliphatic carbocycles. The molecule has 0 bridgehead atoms. The molecule has 0 aliphatic rings. The number of hydrogen-bond donors (Lipinski definition) is 1. The molecule has 1 aromatic rings. The minimum atomic E-state index is 0.510. The summed E-state index contributed by atoms with van der Waals surface area (Å²) in [6.45, 7) is 4.28. The van der Waals surface area contributed by atoms with Crippen LogP contribution < -0.4 is 0 Å². The van der Waals surface area contributed by atoms with Gasteiger partial charge in [-0.3, -0.25) is 0 Å². The lowest BCUT2D eigenvalue weighted by Crippen LogP contribution is -1.89. The summed E-state index contributed by atoms with van der Waals surface area (Å²) < 4.78 is 0. The topological polar surface area (TPSA) is 20.2 Å². The summed E-state index contributed by atoms with van der Waals surface area (Å²) in [4.78, 5) is 0. The van der Waals surface area contributed by atoms with Crippen LogP contribution in [0.25, 0.3) is 0 Å². The van der Waals surface area contributed by atoms with Crippen LogP contribution in [0.3, 0.4) is 0 Å². The Labute approximate surface area is 201 Å². The lowest BCUT2D eigenvalue weighted by Gasteiger charge is -2.07. The first kappa shape index (κ1) is 29.1. The van der Waals surface area contributed by atoms with Gasteiger partial charge in [-0.1, -0.05) is 160 Å². The van der Waals surface area contributed by atoms with E-state index in [0.717, 1.165) is 17.5 Å². The van der Waals surface area contributed by atoms with Crippen molar-refractivity contribution in [1.29, 1.82) is 0 Å². The predicted molar refractivity (Wildman–Crippen MR) is 144 cm³/mol. The highest BCUT2D eigenvalue weighted by Gasteiger charge is 2.03. The Hall–Kier alpha value is -0.980. The van der Waals surface area contributed by atoms with Crippen molar-refractivity contribution in [2.75, 3.05) is 0 Å². The Kier molecular flexibility index (Phi) is 19.8. The SMILES string of the molecule is CCCCCCCCCCCCCCCCCCCCCCCCc1cccc(C)c1O. The monoisotopic (exact) mass is 444 g/mol. The molecule has 0 saturated heterocycles. The number of para-hydroxylation sites is 1. The van der Waals surface area contributed by atoms with Crippen molar-refractivity contribution in [3.8, 4) is 5.75 Å². The number of aryl methyl sites for hydroxylation is 2. The maximum atomic E-state index is 10.1. The van der Waals surface area contributed by atoms with Gasteiger partial charge in [-0.2, -0.15) is 0 Å². The molecule has 1 aromatic carbocycles. The van der Waals surface area contributed by atoms with Crippen LogP contribution in [0.15, 0.2) is 18.2 Å². The minimum Gasteiger partial charge on any atom is -0.507 e. The van der Waals surface area contributed by atoms with Crippen molar-refractivity contribution in [2.24, 2.45) is 0 Å². The second-order valence-electron chi connectivity index (χ2n) is 10.3. The molecule has 0 aliphatic heterocycles. The summed E-state index contributed by atoms with van der Waals surface area (Å²) >= 11 is 0. The van der Waals surface area contributed by atoms with Crippen LogP contribution in [0.4, 0.5) is 0 Å². The van der Waals surface area contributed by atoms with Crippen molar-refractivity contribution in [3.63, 3.8) is 0 Å². The first-order valence-electron chi connectivity index (χ1n) is 14.5. The highest BCUT2D eigenvalue weighted by atomic mass is 16.3. The Morgan fingerprint density at radius 2 is 0.844 bits per heavy atom. The van der Waals surface area contributed by atoms with Gasteiger partial charge in [-0.15, -0.1) is 0 Å². The number of rotatable bonds is 23. The fraction of sp³-hybridized carbons (Fsp3) is 0.806. The molecule has 1 rings (SSSR count). The molecular weight excluding hydrogens is 388 g/mol. The van der Waals surface area contributed by atoms with E-state index < -0.39 is 0 Å². The van der Waals surface area contributed by atoms with Gasteiger partial charge in [0.1, 0.15) is 5.75 Å². The van der Waals surface area contributed by atoms with Crippen LogP contribution in [0.2, 0.25) is 0 Å². The molecule has 0 amide bonds. The fourth-order valence-electron chi connectivity index (χ4n) is 4.85. The zero-order valence-corrected chi connectivity index (χ0v) is 21.9. The molecule has 1 nitrogen and oxygen atoms in total. The standard InChI is InChI=1S/C31H56O/c1-3-4-5-6-7-8-9-10-11-12-13-14-15-16-17-18-19-20-21-22-23-24-27-30-28-25-26-29(2)31(30)32/h25-26,28,32H,3-24,27H2,1-2H3. The summed E-state index contributed by atoms with van der Waals surface area (Å²) in [5.74, 6) is 0.510. The second kappa shape index (κ2) is 21.8. The predicted octanol–water partition coefficient (Wildman–Crippen LogP) is 10.8. The molecule has 1 heteroatoms. The zero-order chi connectivity index (χ0) is 23.1. The summed E-state index contributed by atoms with van der Waals surface area (Å²) in [5.41, 5.74) is 2.12. The van der Waals surface area contributed by atoms with Crippen LogP contribution in [-0.4, -0.2) is 5.11 Å². The Morgan fingerprint density at radius 3 is 1.22 bits per heavy atom. The van der Waals surface area contributed by atoms with Gasteiger partial charge in [0.2, 0.25) is 0 Å². The van der Waals surface area contributed by atoms with Gasteiger partial charge in [-0.25, -0.2) is 0 Å². The third kappa shape index (κ3) is 16.6. The van der Waals surface area contributed by atoms with Crippen LogP contribution in [0, 0.1) is 6.92 Å². The number of benzene rings is 1. The van der Waals surface area contributed by atoms with E-state index in [9.17, 15) is 5.11 Å². The maximum absolute atomic E-state index is 10.1. The van der Waals surface area contributed by atoms with Crippen LogP contribution >= 0.6 is 0 Å². The van der Waals surface area contributed by atoms with E-state index in [1.807, 2.05) is 13.0 Å². The molecule has 32 heavy (non-hydrogen) atoms. The van der Waals surface area contributed by atoms with E-state index in [0.29, 0.717) is 5.75 Å². The van der Waals surface area contributed by atoms with E-state index in [4.69, 9.17) is 0 Å². The van der Waals surface area contributed by atoms with Gasteiger partial charge in [0.15, 0.2) is 0 Å². The van der Waals surface area contributed by atoms with Gasteiger partial charge in [0, 0.05) is 0 Å². The van der Waals surface area contributed by atoms with Crippen molar-refractivity contribution in [3.05, 3.63) is 29.3 Å². The normalized spacial score (nSPS) is 11.3. The molecule has 1 N–H and O–H groups in total. The summed E-state index contributed by atoms with van der Waals surface area (Å²) in [6, 6.07) is 6.11. The molecule has 0 spiro atoms. The van der Waals surface area contributed by atoms with Crippen LogP contribution in [0.1, 0.15) is 159 Å². The fourth-order valence-corrected chi connectivity index (χ4v) is 4.85. The summed E-state index contributed by atoms with van der Waals surface area (Å²) in [6.07, 6.45) is 32.4. The van der Waals surface area contributed by atoms with Crippen molar-refractivity contribution < 1.29 is 5.11 Å². The molecule has 0 heterocycles. The minimum absolute atomic E-state index is 0.510. The third-order valence-corrected chi connectivity index (χ3v) is 7.12. The van der Waals surface area contributed by atoms with Crippen molar-refractivity contribution in [2.45, 2.75) is 162 Å². The van der Waals surface area contributed by atoms with Gasteiger partial charge >= 0.3 is 0 Å². The number of phenols is 1.